The number of hydrogen-bond acceptors (Lipinski definition) is 6. The number of furan rings is 1. The molecule has 4 rings (SSSR count). The summed E-state index contributed by atoms with van der Waals surface area (Å²) < 4.78 is 7.16. The second-order valence-electron chi connectivity index (χ2n) is 7.37. The first-order chi connectivity index (χ1) is 16.1. The average molecular weight is 462 g/mol. The lowest BCUT2D eigenvalue weighted by atomic mass is 10.1. The minimum absolute atomic E-state index is 0.121. The Bertz CT molecular complexity index is 1220. The van der Waals surface area contributed by atoms with Gasteiger partial charge in [0.2, 0.25) is 5.91 Å². The molecule has 0 fully saturated rings. The number of hydrogen-bond donors (Lipinski definition) is 2. The van der Waals surface area contributed by atoms with E-state index in [4.69, 9.17) is 4.42 Å². The zero-order chi connectivity index (χ0) is 23.0. The standard InChI is InChI=1S/C24H23N5O3S/c1-17-8-10-18(11-9-17)13-25-23(31)20-6-2-3-7-21(20)27-22(30)15-33-24-28-26-16-29(24)14-19-5-4-12-32-19/h2-12,16H,13-15H2,1H3,(H,25,31)(H,27,30). The van der Waals surface area contributed by atoms with Crippen molar-refractivity contribution >= 4 is 29.3 Å². The van der Waals surface area contributed by atoms with Crippen LogP contribution in [0.5, 0.6) is 0 Å². The highest BCUT2D eigenvalue weighted by Crippen LogP contribution is 2.19. The van der Waals surface area contributed by atoms with E-state index in [1.54, 1.807) is 36.9 Å². The van der Waals surface area contributed by atoms with E-state index in [9.17, 15) is 9.59 Å². The summed E-state index contributed by atoms with van der Waals surface area (Å²) in [7, 11) is 0. The molecule has 2 aromatic heterocycles. The largest absolute Gasteiger partial charge is 0.467 e. The number of thioether (sulfide) groups is 1. The molecular weight excluding hydrogens is 438 g/mol. The fourth-order valence-corrected chi connectivity index (χ4v) is 3.84. The first-order valence-electron chi connectivity index (χ1n) is 10.3. The summed E-state index contributed by atoms with van der Waals surface area (Å²) in [6.45, 7) is 2.90. The van der Waals surface area contributed by atoms with Crippen LogP contribution in [-0.2, 0) is 17.9 Å². The number of nitrogens with one attached hydrogen (secondary N) is 2. The van der Waals surface area contributed by atoms with Crippen molar-refractivity contribution in [3.05, 3.63) is 95.7 Å². The van der Waals surface area contributed by atoms with E-state index in [-0.39, 0.29) is 17.6 Å². The Hall–Kier alpha value is -3.85. The number of carbonyl (C=O) groups is 2. The van der Waals surface area contributed by atoms with Gasteiger partial charge in [-0.25, -0.2) is 0 Å². The number of aromatic nitrogens is 3. The molecule has 0 aliphatic rings. The number of nitrogens with zero attached hydrogens (tertiary/aromatic N) is 3. The normalized spacial score (nSPS) is 10.7. The Kier molecular flexibility index (Phi) is 7.21. The summed E-state index contributed by atoms with van der Waals surface area (Å²) in [6.07, 6.45) is 3.20. The second kappa shape index (κ2) is 10.6. The van der Waals surface area contributed by atoms with Crippen molar-refractivity contribution in [2.45, 2.75) is 25.2 Å². The third kappa shape index (κ3) is 6.11. The Morgan fingerprint density at radius 2 is 1.88 bits per heavy atom. The lowest BCUT2D eigenvalue weighted by Gasteiger charge is -2.12. The van der Waals surface area contributed by atoms with Gasteiger partial charge in [-0.3, -0.25) is 9.59 Å². The SMILES string of the molecule is Cc1ccc(CNC(=O)c2ccccc2NC(=O)CSc2nncn2Cc2ccco2)cc1. The third-order valence-electron chi connectivity index (χ3n) is 4.84. The highest BCUT2D eigenvalue weighted by molar-refractivity contribution is 7.99. The van der Waals surface area contributed by atoms with Gasteiger partial charge in [-0.05, 0) is 36.8 Å². The Morgan fingerprint density at radius 1 is 1.06 bits per heavy atom. The molecule has 8 nitrogen and oxygen atoms in total. The van der Waals surface area contributed by atoms with E-state index >= 15 is 0 Å². The van der Waals surface area contributed by atoms with E-state index < -0.39 is 0 Å². The van der Waals surface area contributed by atoms with Gasteiger partial charge in [-0.15, -0.1) is 10.2 Å². The summed E-state index contributed by atoms with van der Waals surface area (Å²) >= 11 is 1.26. The molecule has 2 heterocycles. The molecule has 0 radical (unpaired) electrons. The van der Waals surface area contributed by atoms with Crippen LogP contribution in [0, 0.1) is 6.92 Å². The Balaban J connectivity index is 1.34. The first-order valence-corrected chi connectivity index (χ1v) is 11.3. The van der Waals surface area contributed by atoms with Gasteiger partial charge in [-0.1, -0.05) is 53.7 Å². The molecule has 168 valence electrons. The van der Waals surface area contributed by atoms with Crippen molar-refractivity contribution in [3.8, 4) is 0 Å². The molecular formula is C24H23N5O3S. The minimum atomic E-state index is -0.252. The lowest BCUT2D eigenvalue weighted by molar-refractivity contribution is -0.113. The Morgan fingerprint density at radius 3 is 2.67 bits per heavy atom. The third-order valence-corrected chi connectivity index (χ3v) is 5.82. The van der Waals surface area contributed by atoms with E-state index in [1.807, 2.05) is 47.9 Å². The van der Waals surface area contributed by atoms with Crippen LogP contribution in [0.3, 0.4) is 0 Å². The predicted molar refractivity (Wildman–Crippen MR) is 126 cm³/mol. The van der Waals surface area contributed by atoms with Crippen LogP contribution in [-0.4, -0.2) is 32.3 Å². The number of aryl methyl sites for hydroxylation is 1. The number of rotatable bonds is 9. The highest BCUT2D eigenvalue weighted by atomic mass is 32.2. The van der Waals surface area contributed by atoms with Gasteiger partial charge in [0.25, 0.3) is 5.91 Å². The number of anilines is 1. The van der Waals surface area contributed by atoms with E-state index in [1.165, 1.54) is 11.8 Å². The monoisotopic (exact) mass is 461 g/mol. The molecule has 2 aromatic carbocycles. The average Bonchev–Trinajstić information content (AvgIpc) is 3.50. The molecule has 0 aliphatic carbocycles. The summed E-state index contributed by atoms with van der Waals surface area (Å²) in [4.78, 5) is 25.3. The van der Waals surface area contributed by atoms with Crippen LogP contribution in [0.1, 0.15) is 27.2 Å². The fourth-order valence-electron chi connectivity index (χ4n) is 3.13. The van der Waals surface area contributed by atoms with Crippen molar-refractivity contribution < 1.29 is 14.0 Å². The molecule has 0 unspecified atom stereocenters. The van der Waals surface area contributed by atoms with E-state index in [0.717, 1.165) is 16.9 Å². The van der Waals surface area contributed by atoms with Crippen molar-refractivity contribution in [2.75, 3.05) is 11.1 Å². The lowest BCUT2D eigenvalue weighted by Crippen LogP contribution is -2.25. The molecule has 0 spiro atoms. The van der Waals surface area contributed by atoms with Crippen LogP contribution in [0.25, 0.3) is 0 Å². The summed E-state index contributed by atoms with van der Waals surface area (Å²) in [5.74, 6) is 0.395. The molecule has 0 saturated carbocycles. The predicted octanol–water partition coefficient (Wildman–Crippen LogP) is 3.89. The van der Waals surface area contributed by atoms with Crippen LogP contribution < -0.4 is 10.6 Å². The highest BCUT2D eigenvalue weighted by Gasteiger charge is 2.15. The second-order valence-corrected chi connectivity index (χ2v) is 8.31. The maximum atomic E-state index is 12.7. The van der Waals surface area contributed by atoms with Crippen molar-refractivity contribution in [1.82, 2.24) is 20.1 Å². The maximum Gasteiger partial charge on any atom is 0.253 e. The van der Waals surface area contributed by atoms with Crippen molar-refractivity contribution in [1.29, 1.82) is 0 Å². The molecule has 0 bridgehead atoms. The molecule has 0 aliphatic heterocycles. The fraction of sp³-hybridized carbons (Fsp3) is 0.167. The van der Waals surface area contributed by atoms with E-state index in [0.29, 0.717) is 29.5 Å². The number of amides is 2. The molecule has 2 amide bonds. The molecule has 2 N–H and O–H groups in total. The van der Waals surface area contributed by atoms with Crippen LogP contribution in [0.2, 0.25) is 0 Å². The first kappa shape index (κ1) is 22.3. The molecule has 33 heavy (non-hydrogen) atoms. The van der Waals surface area contributed by atoms with Crippen molar-refractivity contribution in [3.63, 3.8) is 0 Å². The van der Waals surface area contributed by atoms with Gasteiger partial charge < -0.3 is 19.6 Å². The minimum Gasteiger partial charge on any atom is -0.467 e. The van der Waals surface area contributed by atoms with Gasteiger partial charge in [0.1, 0.15) is 12.1 Å². The van der Waals surface area contributed by atoms with Gasteiger partial charge in [0.05, 0.1) is 29.8 Å². The quantitative estimate of drug-likeness (QED) is 0.367. The smallest absolute Gasteiger partial charge is 0.253 e. The summed E-state index contributed by atoms with van der Waals surface area (Å²) in [6, 6.07) is 18.6. The van der Waals surface area contributed by atoms with Crippen LogP contribution in [0.4, 0.5) is 5.69 Å². The van der Waals surface area contributed by atoms with Gasteiger partial charge in [0, 0.05) is 6.54 Å². The number of carbonyl (C=O) groups excluding carboxylic acids is 2. The van der Waals surface area contributed by atoms with Gasteiger partial charge in [0.15, 0.2) is 5.16 Å². The topological polar surface area (TPSA) is 102 Å². The van der Waals surface area contributed by atoms with Gasteiger partial charge in [-0.2, -0.15) is 0 Å². The molecule has 4 aromatic rings. The number of benzene rings is 2. The van der Waals surface area contributed by atoms with Crippen LogP contribution >= 0.6 is 11.8 Å². The zero-order valence-electron chi connectivity index (χ0n) is 18.0. The van der Waals surface area contributed by atoms with Crippen molar-refractivity contribution in [2.24, 2.45) is 0 Å². The summed E-state index contributed by atoms with van der Waals surface area (Å²) in [5, 5.41) is 14.3. The van der Waals surface area contributed by atoms with Crippen LogP contribution in [0.15, 0.2) is 82.8 Å². The molecule has 0 saturated heterocycles. The zero-order valence-corrected chi connectivity index (χ0v) is 18.8. The van der Waals surface area contributed by atoms with E-state index in [2.05, 4.69) is 20.8 Å². The number of para-hydroxylation sites is 1. The molecule has 0 atom stereocenters. The molecule has 9 heteroatoms. The summed E-state index contributed by atoms with van der Waals surface area (Å²) in [5.41, 5.74) is 3.03. The maximum absolute atomic E-state index is 12.7. The Labute approximate surface area is 195 Å². The van der Waals surface area contributed by atoms with Gasteiger partial charge >= 0.3 is 0 Å².